The normalized spacial score (nSPS) is 26.1. The predicted octanol–water partition coefficient (Wildman–Crippen LogP) is 0.367. The fourth-order valence-electron chi connectivity index (χ4n) is 4.67. The van der Waals surface area contributed by atoms with Gasteiger partial charge >= 0.3 is 0 Å². The topological polar surface area (TPSA) is 63.8 Å². The second-order valence-corrected chi connectivity index (χ2v) is 10.6. The van der Waals surface area contributed by atoms with Crippen LogP contribution in [0.3, 0.4) is 0 Å². The number of sulfone groups is 1. The van der Waals surface area contributed by atoms with Gasteiger partial charge in [-0.2, -0.15) is 0 Å². The van der Waals surface area contributed by atoms with Gasteiger partial charge in [0.25, 0.3) is 0 Å². The molecule has 0 bridgehead atoms. The van der Waals surface area contributed by atoms with E-state index in [2.05, 4.69) is 24.5 Å². The molecule has 4 rings (SSSR count). The molecule has 6 nitrogen and oxygen atoms in total. The van der Waals surface area contributed by atoms with Gasteiger partial charge in [-0.05, 0) is 44.4 Å². The number of nitrogens with zero attached hydrogens (tertiary/aromatic N) is 2. The largest absolute Gasteiger partial charge is 0.346 e. The molecule has 1 saturated carbocycles. The lowest BCUT2D eigenvalue weighted by Gasteiger charge is -2.34. The van der Waals surface area contributed by atoms with E-state index in [1.54, 1.807) is 6.08 Å². The van der Waals surface area contributed by atoms with Crippen molar-refractivity contribution in [3.8, 4) is 0 Å². The highest BCUT2D eigenvalue weighted by Gasteiger charge is 2.37. The average molecular weight is 393 g/mol. The maximum absolute atomic E-state index is 12.6. The van der Waals surface area contributed by atoms with E-state index in [1.165, 1.54) is 29.1 Å². The minimum atomic E-state index is -2.84. The van der Waals surface area contributed by atoms with E-state index >= 15 is 0 Å². The summed E-state index contributed by atoms with van der Waals surface area (Å²) >= 11 is 0. The van der Waals surface area contributed by atoms with E-state index < -0.39 is 9.84 Å². The molecule has 3 aliphatic rings. The summed E-state index contributed by atoms with van der Waals surface area (Å²) in [4.78, 5) is 15.8. The van der Waals surface area contributed by atoms with Crippen molar-refractivity contribution in [2.24, 2.45) is 0 Å². The highest BCUT2D eigenvalue weighted by molar-refractivity contribution is 7.91. The van der Waals surface area contributed by atoms with Crippen molar-refractivity contribution in [3.05, 3.63) is 29.1 Å². The Bertz CT molecular complexity index is 859. The van der Waals surface area contributed by atoms with Crippen LogP contribution >= 0.6 is 0 Å². The van der Waals surface area contributed by atoms with Gasteiger partial charge in [0.1, 0.15) is 11.8 Å². The molecule has 1 aromatic rings. The number of amides is 1. The third-order valence-electron chi connectivity index (χ3n) is 6.37. The summed E-state index contributed by atoms with van der Waals surface area (Å²) in [5.74, 6) is 0.697. The number of piperazine rings is 1. The Morgan fingerprint density at radius 1 is 1.19 bits per heavy atom. The van der Waals surface area contributed by atoms with Crippen LogP contribution in [0.4, 0.5) is 0 Å². The average Bonchev–Trinajstić information content (AvgIpc) is 3.34. The van der Waals surface area contributed by atoms with Crippen molar-refractivity contribution < 1.29 is 18.1 Å². The lowest BCUT2D eigenvalue weighted by atomic mass is 10.2. The summed E-state index contributed by atoms with van der Waals surface area (Å²) < 4.78 is 25.8. The third kappa shape index (κ3) is 3.99. The van der Waals surface area contributed by atoms with Gasteiger partial charge in [0.15, 0.2) is 9.84 Å². The van der Waals surface area contributed by atoms with Crippen LogP contribution in [0, 0.1) is 13.8 Å². The van der Waals surface area contributed by atoms with Crippen molar-refractivity contribution in [1.82, 2.24) is 9.47 Å². The molecule has 0 unspecified atom stereocenters. The molecule has 3 heterocycles. The van der Waals surface area contributed by atoms with Crippen LogP contribution in [-0.2, 0) is 14.6 Å². The van der Waals surface area contributed by atoms with Crippen LogP contribution < -0.4 is 4.90 Å². The van der Waals surface area contributed by atoms with Crippen LogP contribution in [0.15, 0.2) is 12.1 Å². The Labute approximate surface area is 161 Å². The molecule has 2 aliphatic heterocycles. The molecule has 1 N–H and O–H groups in total. The zero-order valence-electron chi connectivity index (χ0n) is 16.3. The lowest BCUT2D eigenvalue weighted by Crippen LogP contribution is -3.18. The monoisotopic (exact) mass is 392 g/mol. The van der Waals surface area contributed by atoms with Gasteiger partial charge in [-0.3, -0.25) is 4.79 Å². The van der Waals surface area contributed by atoms with E-state index in [4.69, 9.17) is 0 Å². The fraction of sp³-hybridized carbons (Fsp3) is 0.650. The smallest absolute Gasteiger partial charge is 0.246 e. The quantitative estimate of drug-likeness (QED) is 0.753. The molecule has 0 aromatic carbocycles. The van der Waals surface area contributed by atoms with Crippen molar-refractivity contribution in [3.63, 3.8) is 0 Å². The minimum Gasteiger partial charge on any atom is -0.346 e. The van der Waals surface area contributed by atoms with E-state index in [1.807, 2.05) is 11.0 Å². The van der Waals surface area contributed by atoms with E-state index in [-0.39, 0.29) is 11.9 Å². The van der Waals surface area contributed by atoms with Gasteiger partial charge < -0.3 is 14.4 Å². The van der Waals surface area contributed by atoms with Crippen molar-refractivity contribution in [1.29, 1.82) is 0 Å². The van der Waals surface area contributed by atoms with Crippen LogP contribution in [0.1, 0.15) is 42.3 Å². The first-order valence-electron chi connectivity index (χ1n) is 10.0. The molecule has 3 fully saturated rings. The van der Waals surface area contributed by atoms with E-state index in [0.717, 1.165) is 25.1 Å². The molecule has 148 valence electrons. The number of hydrogen-bond donors (Lipinski definition) is 1. The van der Waals surface area contributed by atoms with Crippen molar-refractivity contribution >= 4 is 21.8 Å². The number of carbonyl (C=O) groups is 1. The molecule has 7 heteroatoms. The van der Waals surface area contributed by atoms with Crippen LogP contribution in [0.5, 0.6) is 0 Å². The Hall–Kier alpha value is -1.60. The molecule has 27 heavy (non-hydrogen) atoms. The predicted molar refractivity (Wildman–Crippen MR) is 106 cm³/mol. The first kappa shape index (κ1) is 18.7. The van der Waals surface area contributed by atoms with Gasteiger partial charge in [-0.15, -0.1) is 0 Å². The lowest BCUT2D eigenvalue weighted by molar-refractivity contribution is -0.925. The second-order valence-electron chi connectivity index (χ2n) is 8.34. The number of rotatable bonds is 4. The minimum absolute atomic E-state index is 0.0596. The summed E-state index contributed by atoms with van der Waals surface area (Å²) in [5, 5.41) is 0. The first-order valence-corrected chi connectivity index (χ1v) is 11.9. The summed E-state index contributed by atoms with van der Waals surface area (Å²) in [6, 6.07) is 3.04. The summed E-state index contributed by atoms with van der Waals surface area (Å²) in [6.45, 7) is 7.36. The maximum atomic E-state index is 12.6. The summed E-state index contributed by atoms with van der Waals surface area (Å²) in [7, 11) is -2.84. The molecule has 0 radical (unpaired) electrons. The number of aromatic nitrogens is 1. The van der Waals surface area contributed by atoms with E-state index in [9.17, 15) is 13.2 Å². The van der Waals surface area contributed by atoms with Crippen LogP contribution in [0.25, 0.3) is 6.08 Å². The highest BCUT2D eigenvalue weighted by atomic mass is 32.2. The van der Waals surface area contributed by atoms with Gasteiger partial charge in [-0.25, -0.2) is 8.42 Å². The maximum Gasteiger partial charge on any atom is 0.246 e. The van der Waals surface area contributed by atoms with Crippen LogP contribution in [-0.4, -0.2) is 67.5 Å². The zero-order chi connectivity index (χ0) is 19.2. The Morgan fingerprint density at radius 2 is 1.89 bits per heavy atom. The molecule has 1 atom stereocenters. The molecule has 2 saturated heterocycles. The Morgan fingerprint density at radius 3 is 2.48 bits per heavy atom. The SMILES string of the molecule is Cc1cc(/C=C/C(=O)N2CC[NH+]([C@@H]3CCS(=O)(=O)C3)CC2)c(C)n1C1CC1. The molecule has 1 amide bonds. The highest BCUT2D eigenvalue weighted by Crippen LogP contribution is 2.38. The van der Waals surface area contributed by atoms with Gasteiger partial charge in [0, 0.05) is 29.9 Å². The van der Waals surface area contributed by atoms with Crippen molar-refractivity contribution in [2.75, 3.05) is 37.7 Å². The molecule has 0 spiro atoms. The fourth-order valence-corrected chi connectivity index (χ4v) is 6.50. The van der Waals surface area contributed by atoms with Gasteiger partial charge in [-0.1, -0.05) is 0 Å². The molecular weight excluding hydrogens is 362 g/mol. The summed E-state index contributed by atoms with van der Waals surface area (Å²) in [6.07, 6.45) is 6.93. The standard InChI is InChI=1S/C20H29N3O3S/c1-15-13-17(16(2)23(15)18-4-5-18)3-6-20(24)22-10-8-21(9-11-22)19-7-12-27(25,26)14-19/h3,6,13,18-19H,4-5,7-12,14H2,1-2H3/p+1/b6-3+/t19-/m1/s1. The Kier molecular flexibility index (Phi) is 4.93. The molecular formula is C20H30N3O3S+. The first-order chi connectivity index (χ1) is 12.8. The molecule has 1 aromatic heterocycles. The number of hydrogen-bond acceptors (Lipinski definition) is 3. The summed E-state index contributed by atoms with van der Waals surface area (Å²) in [5.41, 5.74) is 3.65. The van der Waals surface area contributed by atoms with Gasteiger partial charge in [0.05, 0.1) is 31.9 Å². The number of carbonyl (C=O) groups excluding carboxylic acids is 1. The number of aryl methyl sites for hydroxylation is 1. The van der Waals surface area contributed by atoms with Crippen molar-refractivity contribution in [2.45, 2.75) is 45.2 Å². The zero-order valence-corrected chi connectivity index (χ0v) is 17.1. The Balaban J connectivity index is 1.33. The van der Waals surface area contributed by atoms with E-state index in [0.29, 0.717) is 30.6 Å². The third-order valence-corrected chi connectivity index (χ3v) is 8.14. The number of nitrogens with one attached hydrogen (secondary N) is 1. The number of quaternary nitrogens is 1. The van der Waals surface area contributed by atoms with Crippen LogP contribution in [0.2, 0.25) is 0 Å². The van der Waals surface area contributed by atoms with Gasteiger partial charge in [0.2, 0.25) is 5.91 Å². The second kappa shape index (κ2) is 7.09. The molecule has 1 aliphatic carbocycles.